The number of nitrogens with zero attached hydrogens (tertiary/aromatic N) is 1. The van der Waals surface area contributed by atoms with E-state index in [4.69, 9.17) is 14.2 Å². The third-order valence-electron chi connectivity index (χ3n) is 4.36. The van der Waals surface area contributed by atoms with Crippen LogP contribution in [0.5, 0.6) is 5.75 Å². The fraction of sp³-hybridized carbons (Fsp3) is 0.650. The first kappa shape index (κ1) is 20.5. The van der Waals surface area contributed by atoms with Crippen LogP contribution in [0.1, 0.15) is 24.8 Å². The van der Waals surface area contributed by atoms with Gasteiger partial charge >= 0.3 is 0 Å². The molecule has 0 bridgehead atoms. The number of rotatable bonds is 10. The lowest BCUT2D eigenvalue weighted by Gasteiger charge is -2.21. The third kappa shape index (κ3) is 8.54. The summed E-state index contributed by atoms with van der Waals surface area (Å²) in [4.78, 5) is 4.22. The largest absolute Gasteiger partial charge is 0.492 e. The molecule has 6 nitrogen and oxygen atoms in total. The first-order valence-electron chi connectivity index (χ1n) is 9.57. The zero-order chi connectivity index (χ0) is 18.5. The van der Waals surface area contributed by atoms with Gasteiger partial charge in [0, 0.05) is 40.0 Å². The Labute approximate surface area is 157 Å². The van der Waals surface area contributed by atoms with Crippen LogP contribution in [0.3, 0.4) is 0 Å². The number of hydrogen-bond donors (Lipinski definition) is 2. The molecule has 1 aliphatic heterocycles. The molecular formula is C20H33N3O3. The Morgan fingerprint density at radius 3 is 2.58 bits per heavy atom. The molecule has 2 N–H and O–H groups in total. The number of aliphatic imine (C=N–C) groups is 1. The van der Waals surface area contributed by atoms with Gasteiger partial charge in [-0.2, -0.15) is 0 Å². The quantitative estimate of drug-likeness (QED) is 0.380. The highest BCUT2D eigenvalue weighted by atomic mass is 16.5. The van der Waals surface area contributed by atoms with E-state index in [2.05, 4.69) is 22.5 Å². The van der Waals surface area contributed by atoms with Crippen molar-refractivity contribution < 1.29 is 14.2 Å². The lowest BCUT2D eigenvalue weighted by molar-refractivity contribution is 0.0203. The van der Waals surface area contributed by atoms with Gasteiger partial charge in [-0.15, -0.1) is 0 Å². The van der Waals surface area contributed by atoms with Gasteiger partial charge in [0.2, 0.25) is 0 Å². The van der Waals surface area contributed by atoms with E-state index in [0.717, 1.165) is 63.9 Å². The van der Waals surface area contributed by atoms with Crippen LogP contribution < -0.4 is 15.4 Å². The molecule has 1 heterocycles. The molecule has 1 fully saturated rings. The number of benzene rings is 1. The van der Waals surface area contributed by atoms with Crippen LogP contribution in [0.25, 0.3) is 0 Å². The normalized spacial score (nSPS) is 15.7. The van der Waals surface area contributed by atoms with Gasteiger partial charge < -0.3 is 24.8 Å². The SMILES string of the molecule is CN=C(NCCCOCC1CCOCC1)NCCOc1ccc(C)cc1. The smallest absolute Gasteiger partial charge is 0.191 e. The first-order chi connectivity index (χ1) is 12.8. The van der Waals surface area contributed by atoms with Gasteiger partial charge in [-0.3, -0.25) is 4.99 Å². The molecule has 0 radical (unpaired) electrons. The number of nitrogens with one attached hydrogen (secondary N) is 2. The number of guanidine groups is 1. The molecule has 1 saturated heterocycles. The van der Waals surface area contributed by atoms with Gasteiger partial charge in [-0.25, -0.2) is 0 Å². The molecule has 1 aromatic rings. The van der Waals surface area contributed by atoms with E-state index in [1.54, 1.807) is 7.05 Å². The van der Waals surface area contributed by atoms with Crippen molar-refractivity contribution in [3.05, 3.63) is 29.8 Å². The molecule has 0 aliphatic carbocycles. The molecule has 0 spiro atoms. The van der Waals surface area contributed by atoms with E-state index >= 15 is 0 Å². The van der Waals surface area contributed by atoms with Crippen molar-refractivity contribution in [2.75, 3.05) is 53.2 Å². The maximum absolute atomic E-state index is 5.77. The minimum atomic E-state index is 0.595. The molecule has 146 valence electrons. The minimum Gasteiger partial charge on any atom is -0.492 e. The van der Waals surface area contributed by atoms with Crippen molar-refractivity contribution >= 4 is 5.96 Å². The molecule has 1 aliphatic rings. The van der Waals surface area contributed by atoms with Gasteiger partial charge in [0.15, 0.2) is 5.96 Å². The maximum Gasteiger partial charge on any atom is 0.191 e. The van der Waals surface area contributed by atoms with Crippen molar-refractivity contribution in [2.24, 2.45) is 10.9 Å². The average molecular weight is 364 g/mol. The Morgan fingerprint density at radius 2 is 1.85 bits per heavy atom. The van der Waals surface area contributed by atoms with Crippen LogP contribution in [0.2, 0.25) is 0 Å². The first-order valence-corrected chi connectivity index (χ1v) is 9.57. The van der Waals surface area contributed by atoms with Gasteiger partial charge in [0.25, 0.3) is 0 Å². The lowest BCUT2D eigenvalue weighted by Crippen LogP contribution is -2.39. The zero-order valence-electron chi connectivity index (χ0n) is 16.1. The maximum atomic E-state index is 5.77. The standard InChI is InChI=1S/C20H33N3O3/c1-17-4-6-19(7-5-17)26-15-11-23-20(21-2)22-10-3-12-25-16-18-8-13-24-14-9-18/h4-7,18H,3,8-16H2,1-2H3,(H2,21,22,23). The molecule has 6 heteroatoms. The van der Waals surface area contributed by atoms with Crippen LogP contribution in [0.4, 0.5) is 0 Å². The third-order valence-corrected chi connectivity index (χ3v) is 4.36. The van der Waals surface area contributed by atoms with Crippen LogP contribution in [-0.4, -0.2) is 59.1 Å². The molecule has 26 heavy (non-hydrogen) atoms. The van der Waals surface area contributed by atoms with E-state index in [-0.39, 0.29) is 0 Å². The number of hydrogen-bond acceptors (Lipinski definition) is 4. The van der Waals surface area contributed by atoms with Crippen molar-refractivity contribution in [1.82, 2.24) is 10.6 Å². The summed E-state index contributed by atoms with van der Waals surface area (Å²) in [5.41, 5.74) is 1.23. The zero-order valence-corrected chi connectivity index (χ0v) is 16.1. The second-order valence-corrected chi connectivity index (χ2v) is 6.57. The molecule has 0 atom stereocenters. The second kappa shape index (κ2) is 12.5. The van der Waals surface area contributed by atoms with Crippen LogP contribution in [-0.2, 0) is 9.47 Å². The molecule has 0 unspecified atom stereocenters. The van der Waals surface area contributed by atoms with E-state index < -0.39 is 0 Å². The van der Waals surface area contributed by atoms with E-state index in [9.17, 15) is 0 Å². The lowest BCUT2D eigenvalue weighted by atomic mass is 10.0. The Hall–Kier alpha value is -1.79. The van der Waals surface area contributed by atoms with Crippen LogP contribution >= 0.6 is 0 Å². The summed E-state index contributed by atoms with van der Waals surface area (Å²) >= 11 is 0. The van der Waals surface area contributed by atoms with Crippen LogP contribution in [0, 0.1) is 12.8 Å². The van der Waals surface area contributed by atoms with Gasteiger partial charge in [0.05, 0.1) is 6.54 Å². The molecule has 0 aromatic heterocycles. The predicted molar refractivity (Wildman–Crippen MR) is 105 cm³/mol. The van der Waals surface area contributed by atoms with Gasteiger partial charge in [-0.1, -0.05) is 17.7 Å². The number of aryl methyl sites for hydroxylation is 1. The average Bonchev–Trinajstić information content (AvgIpc) is 2.68. The Morgan fingerprint density at radius 1 is 1.12 bits per heavy atom. The van der Waals surface area contributed by atoms with E-state index in [1.807, 2.05) is 24.3 Å². The molecule has 0 saturated carbocycles. The topological polar surface area (TPSA) is 64.1 Å². The Bertz CT molecular complexity index is 514. The summed E-state index contributed by atoms with van der Waals surface area (Å²) < 4.78 is 16.8. The minimum absolute atomic E-state index is 0.595. The molecule has 1 aromatic carbocycles. The van der Waals surface area contributed by atoms with Crippen molar-refractivity contribution in [3.63, 3.8) is 0 Å². The second-order valence-electron chi connectivity index (χ2n) is 6.57. The highest BCUT2D eigenvalue weighted by Crippen LogP contribution is 2.14. The Kier molecular flexibility index (Phi) is 9.90. The molecule has 2 rings (SSSR count). The van der Waals surface area contributed by atoms with Crippen molar-refractivity contribution in [1.29, 1.82) is 0 Å². The van der Waals surface area contributed by atoms with Crippen molar-refractivity contribution in [3.8, 4) is 5.75 Å². The fourth-order valence-corrected chi connectivity index (χ4v) is 2.74. The molecule has 0 amide bonds. The highest BCUT2D eigenvalue weighted by molar-refractivity contribution is 5.79. The fourth-order valence-electron chi connectivity index (χ4n) is 2.74. The summed E-state index contributed by atoms with van der Waals surface area (Å²) in [6.07, 6.45) is 3.21. The van der Waals surface area contributed by atoms with Crippen LogP contribution in [0.15, 0.2) is 29.3 Å². The monoisotopic (exact) mass is 363 g/mol. The summed E-state index contributed by atoms with van der Waals surface area (Å²) in [5.74, 6) is 2.35. The van der Waals surface area contributed by atoms with Gasteiger partial charge in [0.1, 0.15) is 12.4 Å². The Balaban J connectivity index is 1.46. The highest BCUT2D eigenvalue weighted by Gasteiger charge is 2.13. The summed E-state index contributed by atoms with van der Waals surface area (Å²) in [5, 5.41) is 6.55. The van der Waals surface area contributed by atoms with Gasteiger partial charge in [-0.05, 0) is 44.2 Å². The van der Waals surface area contributed by atoms with E-state index in [0.29, 0.717) is 19.1 Å². The molecular weight excluding hydrogens is 330 g/mol. The summed E-state index contributed by atoms with van der Waals surface area (Å²) in [6, 6.07) is 8.08. The van der Waals surface area contributed by atoms with Crippen molar-refractivity contribution in [2.45, 2.75) is 26.2 Å². The number of ether oxygens (including phenoxy) is 3. The van der Waals surface area contributed by atoms with E-state index in [1.165, 1.54) is 5.56 Å². The summed E-state index contributed by atoms with van der Waals surface area (Å²) in [6.45, 7) is 7.59. The summed E-state index contributed by atoms with van der Waals surface area (Å²) in [7, 11) is 1.78. The predicted octanol–water partition coefficient (Wildman–Crippen LogP) is 2.37.